The number of nitrogens with one attached hydrogen (secondary N) is 2. The molecule has 0 radical (unpaired) electrons. The maximum Gasteiger partial charge on any atom is 0.451 e. The first-order valence-electron chi connectivity index (χ1n) is 8.36. The third-order valence-electron chi connectivity index (χ3n) is 4.21. The Balaban J connectivity index is 1.80. The zero-order valence-corrected chi connectivity index (χ0v) is 14.7. The lowest BCUT2D eigenvalue weighted by molar-refractivity contribution is -0.144. The molecule has 2 amide bonds. The van der Waals surface area contributed by atoms with E-state index in [1.54, 1.807) is 23.3 Å². The average molecular weight is 381 g/mol. The molecule has 0 bridgehead atoms. The van der Waals surface area contributed by atoms with E-state index in [2.05, 4.69) is 15.4 Å². The zero-order chi connectivity index (χ0) is 19.8. The molecular weight excluding hydrogens is 363 g/mol. The fourth-order valence-electron chi connectivity index (χ4n) is 2.99. The van der Waals surface area contributed by atoms with Gasteiger partial charge in [0.05, 0.1) is 0 Å². The van der Waals surface area contributed by atoms with E-state index >= 15 is 0 Å². The molecule has 1 aromatic carbocycles. The van der Waals surface area contributed by atoms with E-state index in [4.69, 9.17) is 0 Å². The summed E-state index contributed by atoms with van der Waals surface area (Å²) in [5.74, 6) is -2.61. The number of carbonyl (C=O) groups excluding carboxylic acids is 2. The normalized spacial score (nSPS) is 15.2. The maximum atomic E-state index is 12.7. The summed E-state index contributed by atoms with van der Waals surface area (Å²) in [7, 11) is 0. The first-order valence-corrected chi connectivity index (χ1v) is 8.36. The second kappa shape index (κ2) is 7.01. The molecule has 0 spiro atoms. The minimum atomic E-state index is -4.69. The van der Waals surface area contributed by atoms with E-state index in [1.165, 1.54) is 4.90 Å². The van der Waals surface area contributed by atoms with Gasteiger partial charge in [-0.15, -0.1) is 5.10 Å². The first-order chi connectivity index (χ1) is 12.7. The number of hydrogen-bond acceptors (Lipinski definition) is 4. The second-order valence-electron chi connectivity index (χ2n) is 6.73. The Kier molecular flexibility index (Phi) is 4.90. The van der Waals surface area contributed by atoms with Crippen LogP contribution in [0.15, 0.2) is 24.3 Å². The summed E-state index contributed by atoms with van der Waals surface area (Å²) in [5.41, 5.74) is 1.33. The number of aromatic amines is 1. The fraction of sp³-hybridized carbons (Fsp3) is 0.412. The van der Waals surface area contributed by atoms with Crippen molar-refractivity contribution in [2.45, 2.75) is 39.0 Å². The number of alkyl halides is 3. The minimum absolute atomic E-state index is 0.0788. The molecule has 2 N–H and O–H groups in total. The van der Waals surface area contributed by atoms with E-state index in [9.17, 15) is 22.8 Å². The number of anilines is 1. The van der Waals surface area contributed by atoms with Crippen molar-refractivity contribution in [3.8, 4) is 0 Å². The molecule has 1 aromatic heterocycles. The van der Waals surface area contributed by atoms with Crippen LogP contribution in [-0.4, -0.2) is 37.9 Å². The van der Waals surface area contributed by atoms with Crippen LogP contribution in [0.4, 0.5) is 19.1 Å². The number of rotatable bonds is 5. The van der Waals surface area contributed by atoms with Crippen LogP contribution >= 0.6 is 0 Å². The number of amides is 2. The van der Waals surface area contributed by atoms with E-state index in [-0.39, 0.29) is 18.4 Å². The zero-order valence-electron chi connectivity index (χ0n) is 14.7. The van der Waals surface area contributed by atoms with Crippen LogP contribution in [0.2, 0.25) is 0 Å². The minimum Gasteiger partial charge on any atom is -0.322 e. The molecular formula is C17H18F3N5O2. The van der Waals surface area contributed by atoms with Gasteiger partial charge in [0, 0.05) is 12.1 Å². The Hall–Kier alpha value is -2.91. The van der Waals surface area contributed by atoms with Crippen LogP contribution in [-0.2, 0) is 17.5 Å². The standard InChI is InChI=1S/C17H18F3N5O2/c1-9(2)7-12(25-8-10-5-3-4-6-11(10)14(25)27)13(26)21-16-22-15(23-24-16)17(18,19)20/h3-6,9,12H,7-8H2,1-2H3,(H2,21,22,23,24,26)/t12-/m1/s1. The predicted molar refractivity (Wildman–Crippen MR) is 89.6 cm³/mol. The summed E-state index contributed by atoms with van der Waals surface area (Å²) < 4.78 is 37.9. The van der Waals surface area contributed by atoms with Crippen molar-refractivity contribution in [3.63, 3.8) is 0 Å². The van der Waals surface area contributed by atoms with Gasteiger partial charge in [-0.2, -0.15) is 18.2 Å². The molecule has 2 aromatic rings. The van der Waals surface area contributed by atoms with Gasteiger partial charge in [0.2, 0.25) is 17.7 Å². The lowest BCUT2D eigenvalue weighted by atomic mass is 10.0. The molecule has 1 atom stereocenters. The third kappa shape index (κ3) is 3.93. The number of fused-ring (bicyclic) bond motifs is 1. The Bertz CT molecular complexity index is 862. The van der Waals surface area contributed by atoms with Gasteiger partial charge >= 0.3 is 6.18 Å². The highest BCUT2D eigenvalue weighted by molar-refractivity contribution is 6.03. The third-order valence-corrected chi connectivity index (χ3v) is 4.21. The summed E-state index contributed by atoms with van der Waals surface area (Å²) in [5, 5.41) is 7.40. The molecule has 3 rings (SSSR count). The van der Waals surface area contributed by atoms with Crippen LogP contribution in [0.3, 0.4) is 0 Å². The van der Waals surface area contributed by atoms with Gasteiger partial charge < -0.3 is 4.90 Å². The lowest BCUT2D eigenvalue weighted by Gasteiger charge is -2.27. The van der Waals surface area contributed by atoms with Crippen LogP contribution < -0.4 is 5.32 Å². The summed E-state index contributed by atoms with van der Waals surface area (Å²) >= 11 is 0. The van der Waals surface area contributed by atoms with Crippen molar-refractivity contribution < 1.29 is 22.8 Å². The van der Waals surface area contributed by atoms with Gasteiger partial charge in [-0.1, -0.05) is 32.0 Å². The number of benzene rings is 1. The van der Waals surface area contributed by atoms with Crippen molar-refractivity contribution >= 4 is 17.8 Å². The van der Waals surface area contributed by atoms with Crippen LogP contribution in [0, 0.1) is 5.92 Å². The summed E-state index contributed by atoms with van der Waals surface area (Å²) in [6.45, 7) is 4.05. The van der Waals surface area contributed by atoms with E-state index < -0.39 is 29.9 Å². The number of carbonyl (C=O) groups is 2. The molecule has 0 saturated heterocycles. The highest BCUT2D eigenvalue weighted by Gasteiger charge is 2.38. The molecule has 0 aliphatic carbocycles. The molecule has 7 nitrogen and oxygen atoms in total. The highest BCUT2D eigenvalue weighted by Crippen LogP contribution is 2.28. The number of H-pyrrole nitrogens is 1. The van der Waals surface area contributed by atoms with Gasteiger partial charge in [0.25, 0.3) is 5.91 Å². The number of halogens is 3. The molecule has 144 valence electrons. The van der Waals surface area contributed by atoms with Gasteiger partial charge in [-0.3, -0.25) is 20.0 Å². The van der Waals surface area contributed by atoms with Gasteiger partial charge in [0.1, 0.15) is 6.04 Å². The quantitative estimate of drug-likeness (QED) is 0.833. The molecule has 0 fully saturated rings. The maximum absolute atomic E-state index is 12.7. The predicted octanol–water partition coefficient (Wildman–Crippen LogP) is 2.83. The van der Waals surface area contributed by atoms with E-state index in [0.717, 1.165) is 5.56 Å². The largest absolute Gasteiger partial charge is 0.451 e. The van der Waals surface area contributed by atoms with Crippen LogP contribution in [0.25, 0.3) is 0 Å². The van der Waals surface area contributed by atoms with Gasteiger partial charge in [-0.25, -0.2) is 0 Å². The SMILES string of the molecule is CC(C)C[C@H](C(=O)Nc1n[nH]c(C(F)(F)F)n1)N1Cc2ccccc2C1=O. The number of nitrogens with zero attached hydrogens (tertiary/aromatic N) is 3. The smallest absolute Gasteiger partial charge is 0.322 e. The van der Waals surface area contributed by atoms with Crippen molar-refractivity contribution in [1.29, 1.82) is 0 Å². The number of hydrogen-bond donors (Lipinski definition) is 2. The van der Waals surface area contributed by atoms with Crippen molar-refractivity contribution in [2.24, 2.45) is 5.92 Å². The Morgan fingerprint density at radius 1 is 1.33 bits per heavy atom. The topological polar surface area (TPSA) is 91.0 Å². The first kappa shape index (κ1) is 18.9. The molecule has 0 unspecified atom stereocenters. The second-order valence-corrected chi connectivity index (χ2v) is 6.73. The van der Waals surface area contributed by atoms with Gasteiger partial charge in [-0.05, 0) is 24.0 Å². The Morgan fingerprint density at radius 2 is 2.04 bits per heavy atom. The Morgan fingerprint density at radius 3 is 2.63 bits per heavy atom. The molecule has 0 saturated carbocycles. The monoisotopic (exact) mass is 381 g/mol. The van der Waals surface area contributed by atoms with Crippen LogP contribution in [0.5, 0.6) is 0 Å². The summed E-state index contributed by atoms with van der Waals surface area (Å²) in [4.78, 5) is 30.1. The lowest BCUT2D eigenvalue weighted by Crippen LogP contribution is -2.45. The Labute approximate surface area is 153 Å². The average Bonchev–Trinajstić information content (AvgIpc) is 3.18. The summed E-state index contributed by atoms with van der Waals surface area (Å²) in [6, 6.07) is 6.19. The van der Waals surface area contributed by atoms with E-state index in [1.807, 2.05) is 19.9 Å². The molecule has 1 aliphatic rings. The van der Waals surface area contributed by atoms with Crippen molar-refractivity contribution in [1.82, 2.24) is 20.1 Å². The molecule has 1 aliphatic heterocycles. The van der Waals surface area contributed by atoms with E-state index in [0.29, 0.717) is 12.0 Å². The number of aromatic nitrogens is 3. The molecule has 10 heteroatoms. The van der Waals surface area contributed by atoms with Crippen molar-refractivity contribution in [3.05, 3.63) is 41.2 Å². The molecule has 27 heavy (non-hydrogen) atoms. The fourth-order valence-corrected chi connectivity index (χ4v) is 2.99. The van der Waals surface area contributed by atoms with Gasteiger partial charge in [0.15, 0.2) is 0 Å². The van der Waals surface area contributed by atoms with Crippen LogP contribution in [0.1, 0.15) is 42.0 Å². The highest BCUT2D eigenvalue weighted by atomic mass is 19.4. The molecule has 2 heterocycles. The summed E-state index contributed by atoms with van der Waals surface area (Å²) in [6.07, 6.45) is -4.35. The van der Waals surface area contributed by atoms with Crippen molar-refractivity contribution in [2.75, 3.05) is 5.32 Å².